The number of nitrogen functional groups attached to an aromatic ring is 1. The topological polar surface area (TPSA) is 108 Å². The summed E-state index contributed by atoms with van der Waals surface area (Å²) in [6.45, 7) is 4.75. The number of ether oxygens (including phenoxy) is 1. The summed E-state index contributed by atoms with van der Waals surface area (Å²) < 4.78 is 7.79. The number of anilines is 2. The fourth-order valence-corrected chi connectivity index (χ4v) is 4.18. The number of nitrogens with zero attached hydrogens (tertiary/aromatic N) is 4. The first-order valence-corrected chi connectivity index (χ1v) is 9.86. The second-order valence-electron chi connectivity index (χ2n) is 6.49. The van der Waals surface area contributed by atoms with Crippen molar-refractivity contribution in [3.8, 4) is 5.75 Å². The van der Waals surface area contributed by atoms with E-state index in [9.17, 15) is 4.79 Å². The van der Waals surface area contributed by atoms with Gasteiger partial charge in [-0.1, -0.05) is 12.1 Å². The lowest BCUT2D eigenvalue weighted by atomic mass is 10.2. The van der Waals surface area contributed by atoms with E-state index in [0.29, 0.717) is 45.9 Å². The SMILES string of the molecule is Cc1nc(N)c2c(C)c(C(=O)Nc3ccccc3OCCn3ccnc3)sc2n1. The molecule has 0 aliphatic carbocycles. The van der Waals surface area contributed by atoms with Crippen LogP contribution in [-0.4, -0.2) is 32.0 Å². The molecule has 0 saturated carbocycles. The number of imidazole rings is 1. The van der Waals surface area contributed by atoms with Gasteiger partial charge >= 0.3 is 0 Å². The van der Waals surface area contributed by atoms with E-state index >= 15 is 0 Å². The maximum Gasteiger partial charge on any atom is 0.266 e. The fourth-order valence-electron chi connectivity index (χ4n) is 3.05. The van der Waals surface area contributed by atoms with Crippen molar-refractivity contribution in [2.24, 2.45) is 0 Å². The number of rotatable bonds is 6. The van der Waals surface area contributed by atoms with Crippen molar-refractivity contribution in [1.29, 1.82) is 0 Å². The molecule has 148 valence electrons. The molecule has 0 atom stereocenters. The van der Waals surface area contributed by atoms with E-state index in [4.69, 9.17) is 10.5 Å². The van der Waals surface area contributed by atoms with Gasteiger partial charge in [0.15, 0.2) is 0 Å². The molecule has 29 heavy (non-hydrogen) atoms. The van der Waals surface area contributed by atoms with Gasteiger partial charge in [0, 0.05) is 12.4 Å². The molecule has 0 unspecified atom stereocenters. The molecule has 1 aromatic carbocycles. The second kappa shape index (κ2) is 7.88. The first kappa shape index (κ1) is 18.9. The Kier molecular flexibility index (Phi) is 5.13. The first-order chi connectivity index (χ1) is 14.0. The number of benzene rings is 1. The van der Waals surface area contributed by atoms with Crippen LogP contribution in [0.5, 0.6) is 5.75 Å². The Morgan fingerprint density at radius 3 is 2.90 bits per heavy atom. The molecular weight excluding hydrogens is 388 g/mol. The number of hydrogen-bond acceptors (Lipinski definition) is 7. The number of fused-ring (bicyclic) bond motifs is 1. The summed E-state index contributed by atoms with van der Waals surface area (Å²) in [4.78, 5) is 26.8. The Morgan fingerprint density at radius 1 is 1.28 bits per heavy atom. The van der Waals surface area contributed by atoms with Crippen molar-refractivity contribution in [3.05, 3.63) is 59.3 Å². The molecule has 8 nitrogen and oxygen atoms in total. The zero-order valence-corrected chi connectivity index (χ0v) is 16.9. The largest absolute Gasteiger partial charge is 0.490 e. The predicted octanol–water partition coefficient (Wildman–Crippen LogP) is 3.42. The maximum atomic E-state index is 13.0. The standard InChI is InChI=1S/C20H20N6O2S/c1-12-16-18(21)23-13(2)24-20(16)29-17(12)19(27)25-14-5-3-4-6-15(14)28-10-9-26-8-7-22-11-26/h3-8,11H,9-10H2,1-2H3,(H,25,27)(H2,21,23,24). The normalized spacial score (nSPS) is 11.0. The summed E-state index contributed by atoms with van der Waals surface area (Å²) in [7, 11) is 0. The lowest BCUT2D eigenvalue weighted by Crippen LogP contribution is -2.13. The summed E-state index contributed by atoms with van der Waals surface area (Å²) >= 11 is 1.31. The third-order valence-electron chi connectivity index (χ3n) is 4.44. The quantitative estimate of drug-likeness (QED) is 0.506. The van der Waals surface area contributed by atoms with E-state index in [0.717, 1.165) is 10.9 Å². The van der Waals surface area contributed by atoms with Gasteiger partial charge in [0.05, 0.1) is 28.8 Å². The molecule has 0 radical (unpaired) electrons. The molecule has 4 aromatic rings. The minimum absolute atomic E-state index is 0.229. The van der Waals surface area contributed by atoms with E-state index in [2.05, 4.69) is 20.3 Å². The highest BCUT2D eigenvalue weighted by molar-refractivity contribution is 7.20. The summed E-state index contributed by atoms with van der Waals surface area (Å²) in [6.07, 6.45) is 5.33. The number of thiophene rings is 1. The molecule has 0 bridgehead atoms. The van der Waals surface area contributed by atoms with Gasteiger partial charge in [-0.2, -0.15) is 0 Å². The van der Waals surface area contributed by atoms with E-state index in [1.54, 1.807) is 19.4 Å². The van der Waals surface area contributed by atoms with Gasteiger partial charge in [-0.25, -0.2) is 15.0 Å². The monoisotopic (exact) mass is 408 g/mol. The molecule has 9 heteroatoms. The Hall–Kier alpha value is -3.46. The number of para-hydroxylation sites is 2. The van der Waals surface area contributed by atoms with Crippen LogP contribution in [0, 0.1) is 13.8 Å². The van der Waals surface area contributed by atoms with Gasteiger partial charge in [0.25, 0.3) is 5.91 Å². The molecular formula is C20H20N6O2S. The predicted molar refractivity (Wildman–Crippen MR) is 113 cm³/mol. The van der Waals surface area contributed by atoms with Gasteiger partial charge in [0.2, 0.25) is 0 Å². The molecule has 0 fully saturated rings. The molecule has 0 spiro atoms. The third kappa shape index (κ3) is 3.90. The summed E-state index contributed by atoms with van der Waals surface area (Å²) in [5.41, 5.74) is 7.42. The lowest BCUT2D eigenvalue weighted by Gasteiger charge is -2.12. The van der Waals surface area contributed by atoms with Crippen molar-refractivity contribution in [2.45, 2.75) is 20.4 Å². The summed E-state index contributed by atoms with van der Waals surface area (Å²) in [5, 5.41) is 3.68. The van der Waals surface area contributed by atoms with Crippen LogP contribution in [0.2, 0.25) is 0 Å². The van der Waals surface area contributed by atoms with E-state index in [-0.39, 0.29) is 5.91 Å². The minimum Gasteiger partial charge on any atom is -0.490 e. The Balaban J connectivity index is 1.54. The van der Waals surface area contributed by atoms with Crippen LogP contribution in [0.1, 0.15) is 21.1 Å². The number of nitrogens with one attached hydrogen (secondary N) is 1. The highest BCUT2D eigenvalue weighted by Crippen LogP contribution is 2.34. The van der Waals surface area contributed by atoms with Crippen LogP contribution in [0.25, 0.3) is 10.2 Å². The number of aromatic nitrogens is 4. The Labute approximate surface area is 171 Å². The fraction of sp³-hybridized carbons (Fsp3) is 0.200. The highest BCUT2D eigenvalue weighted by atomic mass is 32.1. The maximum absolute atomic E-state index is 13.0. The molecule has 0 aliphatic rings. The second-order valence-corrected chi connectivity index (χ2v) is 7.49. The Bertz CT molecular complexity index is 1170. The van der Waals surface area contributed by atoms with Crippen molar-refractivity contribution >= 4 is 39.0 Å². The number of nitrogens with two attached hydrogens (primary N) is 1. The first-order valence-electron chi connectivity index (χ1n) is 9.05. The van der Waals surface area contributed by atoms with Gasteiger partial charge in [-0.15, -0.1) is 11.3 Å². The van der Waals surface area contributed by atoms with Crippen LogP contribution >= 0.6 is 11.3 Å². The van der Waals surface area contributed by atoms with E-state index < -0.39 is 0 Å². The molecule has 3 heterocycles. The molecule has 0 saturated heterocycles. The van der Waals surface area contributed by atoms with Crippen LogP contribution in [-0.2, 0) is 6.54 Å². The molecule has 0 aliphatic heterocycles. The van der Waals surface area contributed by atoms with Crippen LogP contribution < -0.4 is 15.8 Å². The average Bonchev–Trinajstić information content (AvgIpc) is 3.31. The molecule has 1 amide bonds. The summed E-state index contributed by atoms with van der Waals surface area (Å²) in [5.74, 6) is 1.35. The third-order valence-corrected chi connectivity index (χ3v) is 5.62. The van der Waals surface area contributed by atoms with Crippen LogP contribution in [0.15, 0.2) is 43.0 Å². The van der Waals surface area contributed by atoms with Gasteiger partial charge < -0.3 is 20.4 Å². The zero-order chi connectivity index (χ0) is 20.4. The van der Waals surface area contributed by atoms with E-state index in [1.807, 2.05) is 42.0 Å². The molecule has 3 aromatic heterocycles. The van der Waals surface area contributed by atoms with Crippen molar-refractivity contribution < 1.29 is 9.53 Å². The van der Waals surface area contributed by atoms with E-state index in [1.165, 1.54) is 11.3 Å². The van der Waals surface area contributed by atoms with Crippen molar-refractivity contribution in [2.75, 3.05) is 17.7 Å². The van der Waals surface area contributed by atoms with Crippen LogP contribution in [0.4, 0.5) is 11.5 Å². The molecule has 3 N–H and O–H groups in total. The number of carbonyl (C=O) groups excluding carboxylic acids is 1. The van der Waals surface area contributed by atoms with Gasteiger partial charge in [-0.05, 0) is 31.5 Å². The van der Waals surface area contributed by atoms with Crippen molar-refractivity contribution in [1.82, 2.24) is 19.5 Å². The number of aryl methyl sites for hydroxylation is 2. The van der Waals surface area contributed by atoms with Gasteiger partial charge in [0.1, 0.15) is 28.8 Å². The Morgan fingerprint density at radius 2 is 2.10 bits per heavy atom. The van der Waals surface area contributed by atoms with Gasteiger partial charge in [-0.3, -0.25) is 4.79 Å². The number of amides is 1. The average molecular weight is 408 g/mol. The molecule has 4 rings (SSSR count). The smallest absolute Gasteiger partial charge is 0.266 e. The lowest BCUT2D eigenvalue weighted by molar-refractivity contribution is 0.102. The zero-order valence-electron chi connectivity index (χ0n) is 16.0. The number of hydrogen-bond donors (Lipinski definition) is 2. The van der Waals surface area contributed by atoms with Crippen LogP contribution in [0.3, 0.4) is 0 Å². The van der Waals surface area contributed by atoms with Crippen molar-refractivity contribution in [3.63, 3.8) is 0 Å². The minimum atomic E-state index is -0.229. The summed E-state index contributed by atoms with van der Waals surface area (Å²) in [6, 6.07) is 7.36. The number of carbonyl (C=O) groups is 1. The highest BCUT2D eigenvalue weighted by Gasteiger charge is 2.20.